The number of benzene rings is 1. The van der Waals surface area contributed by atoms with Crippen LogP contribution in [0, 0.1) is 23.5 Å². The van der Waals surface area contributed by atoms with E-state index in [1.54, 1.807) is 0 Å². The van der Waals surface area contributed by atoms with Crippen LogP contribution in [0.3, 0.4) is 0 Å². The fraction of sp³-hybridized carbons (Fsp3) is 0.548. The van der Waals surface area contributed by atoms with Gasteiger partial charge in [-0.1, -0.05) is 65.5 Å². The number of allylic oxidation sites excluding steroid dienone is 3. The Labute approximate surface area is 226 Å². The van der Waals surface area contributed by atoms with Crippen LogP contribution >= 0.6 is 0 Å². The topological polar surface area (TPSA) is 53.9 Å². The summed E-state index contributed by atoms with van der Waals surface area (Å²) in [7, 11) is 0. The molecule has 0 bridgehead atoms. The fourth-order valence-electron chi connectivity index (χ4n) is 5.03. The molecule has 1 aromatic carbocycles. The van der Waals surface area contributed by atoms with Crippen LogP contribution < -0.4 is 5.43 Å². The van der Waals surface area contributed by atoms with Gasteiger partial charge in [0.2, 0.25) is 0 Å². The molecule has 2 aliphatic rings. The maximum atomic E-state index is 14.2. The Hall–Kier alpha value is -2.96. The molecule has 208 valence electrons. The van der Waals surface area contributed by atoms with Crippen LogP contribution in [-0.2, 0) is 16.1 Å². The molecule has 7 heteroatoms. The van der Waals surface area contributed by atoms with E-state index in [1.807, 2.05) is 24.1 Å². The van der Waals surface area contributed by atoms with Crippen LogP contribution in [-0.4, -0.2) is 22.6 Å². The van der Waals surface area contributed by atoms with E-state index in [0.29, 0.717) is 5.76 Å². The van der Waals surface area contributed by atoms with E-state index in [0.717, 1.165) is 49.1 Å². The fourth-order valence-corrected chi connectivity index (χ4v) is 5.03. The molecule has 2 heterocycles. The Bertz CT molecular complexity index is 1070. The van der Waals surface area contributed by atoms with Gasteiger partial charge >= 0.3 is 0 Å². The number of unbranched alkanes of at least 4 members (excludes halogenated alkanes) is 3. The summed E-state index contributed by atoms with van der Waals surface area (Å²) in [6, 6.07) is 3.28. The molecule has 3 atom stereocenters. The predicted octanol–water partition coefficient (Wildman–Crippen LogP) is 7.76. The highest BCUT2D eigenvalue weighted by atomic mass is 19.1. The van der Waals surface area contributed by atoms with Crippen LogP contribution in [0.15, 0.2) is 58.7 Å². The minimum Gasteiger partial charge on any atom is -0.486 e. The lowest BCUT2D eigenvalue weighted by atomic mass is 9.86. The Balaban J connectivity index is 1.81. The lowest BCUT2D eigenvalue weighted by Gasteiger charge is -2.37. The van der Waals surface area contributed by atoms with Gasteiger partial charge in [0.15, 0.2) is 0 Å². The largest absolute Gasteiger partial charge is 0.486 e. The van der Waals surface area contributed by atoms with Crippen molar-refractivity contribution in [2.24, 2.45) is 16.9 Å². The molecule has 0 radical (unpaired) electrons. The Morgan fingerprint density at radius 3 is 2.53 bits per heavy atom. The number of carbonyl (C=O) groups is 1. The number of rotatable bonds is 12. The molecule has 0 saturated carbocycles. The number of fused-ring (bicyclic) bond motifs is 1. The molecular formula is C31H43F2N3O2. The second kappa shape index (κ2) is 14.3. The number of nitrogens with zero attached hydrogens (tertiary/aromatic N) is 2. The predicted molar refractivity (Wildman–Crippen MR) is 149 cm³/mol. The minimum atomic E-state index is -0.643. The number of hydrogen-bond acceptors (Lipinski definition) is 4. The van der Waals surface area contributed by atoms with Crippen molar-refractivity contribution < 1.29 is 18.3 Å². The van der Waals surface area contributed by atoms with Crippen molar-refractivity contribution in [1.82, 2.24) is 10.3 Å². The van der Waals surface area contributed by atoms with E-state index < -0.39 is 17.7 Å². The van der Waals surface area contributed by atoms with Gasteiger partial charge in [-0.25, -0.2) is 14.2 Å². The molecule has 3 unspecified atom stereocenters. The first kappa shape index (κ1) is 29.6. The number of nitrogens with one attached hydrogen (secondary N) is 1. The van der Waals surface area contributed by atoms with Gasteiger partial charge < -0.3 is 9.64 Å². The maximum absolute atomic E-state index is 14.2. The number of hydrazone groups is 1. The average molecular weight is 528 g/mol. The summed E-state index contributed by atoms with van der Waals surface area (Å²) in [4.78, 5) is 15.6. The van der Waals surface area contributed by atoms with Gasteiger partial charge in [0, 0.05) is 11.9 Å². The molecule has 0 aliphatic carbocycles. The van der Waals surface area contributed by atoms with Crippen molar-refractivity contribution in [3.63, 3.8) is 0 Å². The van der Waals surface area contributed by atoms with Crippen LogP contribution in [0.25, 0.3) is 0 Å². The molecule has 0 spiro atoms. The zero-order valence-corrected chi connectivity index (χ0v) is 23.5. The van der Waals surface area contributed by atoms with Crippen LogP contribution in [0.5, 0.6) is 0 Å². The Kier molecular flexibility index (Phi) is 11.1. The van der Waals surface area contributed by atoms with Crippen molar-refractivity contribution in [2.45, 2.75) is 98.6 Å². The summed E-state index contributed by atoms with van der Waals surface area (Å²) in [6.07, 6.45) is 14.0. The highest BCUT2D eigenvalue weighted by Crippen LogP contribution is 2.37. The van der Waals surface area contributed by atoms with Crippen molar-refractivity contribution in [3.05, 3.63) is 70.8 Å². The van der Waals surface area contributed by atoms with Gasteiger partial charge in [-0.15, -0.1) is 0 Å². The first-order valence-electron chi connectivity index (χ1n) is 14.1. The normalized spacial score (nSPS) is 21.7. The lowest BCUT2D eigenvalue weighted by molar-refractivity contribution is -0.127. The first-order chi connectivity index (χ1) is 18.3. The van der Waals surface area contributed by atoms with Gasteiger partial charge in [-0.05, 0) is 68.2 Å². The van der Waals surface area contributed by atoms with E-state index >= 15 is 0 Å². The number of amides is 1. The summed E-state index contributed by atoms with van der Waals surface area (Å²) in [5.74, 6) is -0.685. The van der Waals surface area contributed by atoms with Crippen LogP contribution in [0.1, 0.15) is 91.5 Å². The third-order valence-corrected chi connectivity index (χ3v) is 7.49. The van der Waals surface area contributed by atoms with E-state index in [-0.39, 0.29) is 29.9 Å². The molecule has 0 fully saturated rings. The van der Waals surface area contributed by atoms with Crippen LogP contribution in [0.4, 0.5) is 8.78 Å². The van der Waals surface area contributed by atoms with Gasteiger partial charge in [0.05, 0.1) is 11.3 Å². The molecule has 5 nitrogen and oxygen atoms in total. The third-order valence-electron chi connectivity index (χ3n) is 7.49. The smallest absolute Gasteiger partial charge is 0.263 e. The number of hydrogen-bond donors (Lipinski definition) is 1. The molecule has 38 heavy (non-hydrogen) atoms. The van der Waals surface area contributed by atoms with Crippen molar-refractivity contribution in [2.75, 3.05) is 0 Å². The molecule has 0 aromatic heterocycles. The average Bonchev–Trinajstić information content (AvgIpc) is 3.00. The number of carbonyl (C=O) groups excluding carboxylic acids is 1. The summed E-state index contributed by atoms with van der Waals surface area (Å²) < 4.78 is 34.4. The van der Waals surface area contributed by atoms with E-state index in [1.165, 1.54) is 37.5 Å². The SMILES string of the molecule is CCCCCC/C(CCC)=N/NC(=O)C1C(C)C(C)CC=C2C(OCc3c(F)cccc3F)=CC(C)=CN21. The summed E-state index contributed by atoms with van der Waals surface area (Å²) in [5, 5.41) is 4.57. The standard InChI is InChI=1S/C31H43F2N3O2/c1-6-8-9-10-13-24(12-7-2)34-35-31(37)30-23(5)22(4)16-17-28-29(18-21(3)19-36(28)30)38-20-25-26(32)14-11-15-27(25)33/h11,14-15,17-19,22-23,30H,6-10,12-13,16,20H2,1-5H3,(H,35,37)/b34-24+. The highest BCUT2D eigenvalue weighted by molar-refractivity contribution is 5.88. The quantitative estimate of drug-likeness (QED) is 0.172. The van der Waals surface area contributed by atoms with Gasteiger partial charge in [0.25, 0.3) is 5.91 Å². The zero-order chi connectivity index (χ0) is 27.7. The second-order valence-corrected chi connectivity index (χ2v) is 10.6. The lowest BCUT2D eigenvalue weighted by Crippen LogP contribution is -2.48. The minimum absolute atomic E-state index is 0.0329. The molecule has 2 aliphatic heterocycles. The maximum Gasteiger partial charge on any atom is 0.263 e. The van der Waals surface area contributed by atoms with Gasteiger partial charge in [0.1, 0.15) is 30.0 Å². The molecular weight excluding hydrogens is 484 g/mol. The van der Waals surface area contributed by atoms with E-state index in [4.69, 9.17) is 4.74 Å². The Morgan fingerprint density at radius 1 is 1.11 bits per heavy atom. The first-order valence-corrected chi connectivity index (χ1v) is 14.1. The summed E-state index contributed by atoms with van der Waals surface area (Å²) in [6.45, 7) is 10.2. The molecule has 1 amide bonds. The second-order valence-electron chi connectivity index (χ2n) is 10.6. The molecule has 1 aromatic rings. The Morgan fingerprint density at radius 2 is 1.84 bits per heavy atom. The molecule has 3 rings (SSSR count). The molecule has 1 N–H and O–H groups in total. The van der Waals surface area contributed by atoms with E-state index in [9.17, 15) is 13.6 Å². The monoisotopic (exact) mass is 527 g/mol. The summed E-state index contributed by atoms with van der Waals surface area (Å²) >= 11 is 0. The van der Waals surface area contributed by atoms with Crippen LogP contribution in [0.2, 0.25) is 0 Å². The molecule has 0 saturated heterocycles. The number of halogens is 2. The van der Waals surface area contributed by atoms with Crippen molar-refractivity contribution in [3.8, 4) is 0 Å². The highest BCUT2D eigenvalue weighted by Gasteiger charge is 2.39. The van der Waals surface area contributed by atoms with Gasteiger partial charge in [-0.2, -0.15) is 5.10 Å². The zero-order valence-electron chi connectivity index (χ0n) is 23.5. The van der Waals surface area contributed by atoms with Crippen molar-refractivity contribution in [1.29, 1.82) is 0 Å². The third kappa shape index (κ3) is 7.55. The van der Waals surface area contributed by atoms with Crippen molar-refractivity contribution >= 4 is 11.6 Å². The van der Waals surface area contributed by atoms with E-state index in [2.05, 4.69) is 44.3 Å². The van der Waals surface area contributed by atoms with Gasteiger partial charge in [-0.3, -0.25) is 4.79 Å². The summed E-state index contributed by atoms with van der Waals surface area (Å²) in [5.41, 5.74) is 5.42. The number of ether oxygens (including phenoxy) is 1.